The second-order valence-corrected chi connectivity index (χ2v) is 7.10. The van der Waals surface area contributed by atoms with Crippen LogP contribution in [-0.2, 0) is 4.79 Å². The van der Waals surface area contributed by atoms with Crippen LogP contribution in [0.1, 0.15) is 39.0 Å². The third-order valence-electron chi connectivity index (χ3n) is 5.69. The summed E-state index contributed by atoms with van der Waals surface area (Å²) in [5, 5.41) is 8.10. The van der Waals surface area contributed by atoms with Crippen LogP contribution in [0.5, 0.6) is 0 Å². The molecule has 0 saturated carbocycles. The monoisotopic (exact) mass is 307 g/mol. The number of amides is 1. The Kier molecular flexibility index (Phi) is 5.71. The smallest absolute Gasteiger partial charge is 0.227 e. The highest BCUT2D eigenvalue weighted by atomic mass is 16.2. The van der Waals surface area contributed by atoms with Crippen molar-refractivity contribution in [1.82, 2.24) is 20.4 Å². The van der Waals surface area contributed by atoms with Gasteiger partial charge in [0.1, 0.15) is 0 Å². The molecule has 0 bridgehead atoms. The van der Waals surface area contributed by atoms with Crippen molar-refractivity contribution in [3.05, 3.63) is 0 Å². The second kappa shape index (κ2) is 7.75. The summed E-state index contributed by atoms with van der Waals surface area (Å²) in [7, 11) is 0. The fraction of sp³-hybridized carbons (Fsp3) is 0.941. The third kappa shape index (κ3) is 3.81. The van der Waals surface area contributed by atoms with E-state index < -0.39 is 0 Å². The van der Waals surface area contributed by atoms with Crippen LogP contribution >= 0.6 is 0 Å². The number of rotatable bonds is 3. The Morgan fingerprint density at radius 1 is 1.09 bits per heavy atom. The number of carbonyl (C=O) groups excluding carboxylic acids is 1. The molecule has 3 fully saturated rings. The van der Waals surface area contributed by atoms with Crippen molar-refractivity contribution >= 4 is 5.91 Å². The second-order valence-electron chi connectivity index (χ2n) is 7.10. The lowest BCUT2D eigenvalue weighted by Crippen LogP contribution is -2.55. The zero-order chi connectivity index (χ0) is 15.4. The first-order valence-corrected chi connectivity index (χ1v) is 9.16. The van der Waals surface area contributed by atoms with Crippen molar-refractivity contribution in [2.24, 2.45) is 5.92 Å². The summed E-state index contributed by atoms with van der Waals surface area (Å²) in [5.74, 6) is 0.409. The van der Waals surface area contributed by atoms with Crippen LogP contribution in [0.25, 0.3) is 0 Å². The summed E-state index contributed by atoms with van der Waals surface area (Å²) in [6.45, 7) is 9.22. The Hall–Kier alpha value is -0.650. The molecule has 0 spiro atoms. The van der Waals surface area contributed by atoms with Gasteiger partial charge in [0.15, 0.2) is 0 Å². The van der Waals surface area contributed by atoms with Gasteiger partial charge in [-0.05, 0) is 38.8 Å². The number of piperidine rings is 2. The standard InChI is InChI=1S/C17H31N4O/c1-14(16-4-2-3-7-19-16)17(22)21-12-10-20(11-13-21)15-5-8-18-9-6-15/h14-16,18H,2-13H2,1H3. The van der Waals surface area contributed by atoms with Crippen molar-refractivity contribution in [3.8, 4) is 0 Å². The zero-order valence-electron chi connectivity index (χ0n) is 14.0. The minimum Gasteiger partial charge on any atom is -0.340 e. The highest BCUT2D eigenvalue weighted by Gasteiger charge is 2.32. The molecular formula is C17H31N4O. The quantitative estimate of drug-likeness (QED) is 0.834. The number of piperazine rings is 1. The molecule has 1 N–H and O–H groups in total. The molecule has 3 aliphatic rings. The van der Waals surface area contributed by atoms with E-state index in [1.54, 1.807) is 0 Å². The molecule has 3 heterocycles. The van der Waals surface area contributed by atoms with Gasteiger partial charge in [-0.2, -0.15) is 0 Å². The molecule has 0 aliphatic carbocycles. The van der Waals surface area contributed by atoms with E-state index in [0.717, 1.165) is 58.3 Å². The van der Waals surface area contributed by atoms with Gasteiger partial charge in [0, 0.05) is 44.8 Å². The number of nitrogens with zero attached hydrogens (tertiary/aromatic N) is 3. The molecule has 2 atom stereocenters. The van der Waals surface area contributed by atoms with Crippen molar-refractivity contribution in [2.45, 2.75) is 51.1 Å². The summed E-state index contributed by atoms with van der Waals surface area (Å²) >= 11 is 0. The first kappa shape index (κ1) is 16.2. The SMILES string of the molecule is CC(C(=O)N1CCN(C2CCNCC2)CC1)C1CCCC[N]1. The molecule has 0 aromatic carbocycles. The van der Waals surface area contributed by atoms with Gasteiger partial charge in [0.25, 0.3) is 0 Å². The molecule has 5 heteroatoms. The molecule has 3 aliphatic heterocycles. The fourth-order valence-corrected chi connectivity index (χ4v) is 4.15. The summed E-state index contributed by atoms with van der Waals surface area (Å²) in [6, 6.07) is 0.993. The largest absolute Gasteiger partial charge is 0.340 e. The lowest BCUT2D eigenvalue weighted by atomic mass is 9.92. The van der Waals surface area contributed by atoms with Crippen LogP contribution < -0.4 is 10.6 Å². The summed E-state index contributed by atoms with van der Waals surface area (Å²) < 4.78 is 0. The van der Waals surface area contributed by atoms with Crippen molar-refractivity contribution in [3.63, 3.8) is 0 Å². The summed E-state index contributed by atoms with van der Waals surface area (Å²) in [6.07, 6.45) is 6.04. The third-order valence-corrected chi connectivity index (χ3v) is 5.69. The van der Waals surface area contributed by atoms with Crippen molar-refractivity contribution in [1.29, 1.82) is 0 Å². The Morgan fingerprint density at radius 2 is 1.82 bits per heavy atom. The first-order valence-electron chi connectivity index (χ1n) is 9.16. The van der Waals surface area contributed by atoms with E-state index in [4.69, 9.17) is 0 Å². The lowest BCUT2D eigenvalue weighted by Gasteiger charge is -2.42. The molecule has 3 saturated heterocycles. The van der Waals surface area contributed by atoms with Crippen molar-refractivity contribution < 1.29 is 4.79 Å². The van der Waals surface area contributed by atoms with E-state index in [1.807, 2.05) is 0 Å². The normalized spacial score (nSPS) is 30.2. The van der Waals surface area contributed by atoms with E-state index in [1.165, 1.54) is 25.7 Å². The molecule has 5 nitrogen and oxygen atoms in total. The van der Waals surface area contributed by atoms with Crippen LogP contribution in [0.15, 0.2) is 0 Å². The maximum absolute atomic E-state index is 12.7. The highest BCUT2D eigenvalue weighted by molar-refractivity contribution is 5.79. The van der Waals surface area contributed by atoms with Gasteiger partial charge in [-0.25, -0.2) is 5.32 Å². The van der Waals surface area contributed by atoms with Crippen LogP contribution in [-0.4, -0.2) is 73.6 Å². The number of hydrogen-bond donors (Lipinski definition) is 1. The minimum absolute atomic E-state index is 0.0748. The van der Waals surface area contributed by atoms with E-state index in [9.17, 15) is 4.79 Å². The Labute approximate surface area is 134 Å². The van der Waals surface area contributed by atoms with Crippen LogP contribution in [0.3, 0.4) is 0 Å². The Bertz CT molecular complexity index is 356. The zero-order valence-corrected chi connectivity index (χ0v) is 14.0. The van der Waals surface area contributed by atoms with Gasteiger partial charge in [0.05, 0.1) is 5.92 Å². The average Bonchev–Trinajstić information content (AvgIpc) is 2.62. The van der Waals surface area contributed by atoms with Gasteiger partial charge in [-0.3, -0.25) is 9.69 Å². The fourth-order valence-electron chi connectivity index (χ4n) is 4.15. The van der Waals surface area contributed by atoms with E-state index in [0.29, 0.717) is 5.91 Å². The van der Waals surface area contributed by atoms with E-state index in [-0.39, 0.29) is 12.0 Å². The summed E-state index contributed by atoms with van der Waals surface area (Å²) in [5.41, 5.74) is 0. The van der Waals surface area contributed by atoms with Crippen LogP contribution in [0.4, 0.5) is 0 Å². The summed E-state index contributed by atoms with van der Waals surface area (Å²) in [4.78, 5) is 17.4. The van der Waals surface area contributed by atoms with Crippen LogP contribution in [0.2, 0.25) is 0 Å². The van der Waals surface area contributed by atoms with Crippen molar-refractivity contribution in [2.75, 3.05) is 45.8 Å². The number of hydrogen-bond acceptors (Lipinski definition) is 3. The van der Waals surface area contributed by atoms with Gasteiger partial charge < -0.3 is 10.2 Å². The minimum atomic E-state index is 0.0748. The number of carbonyl (C=O) groups is 1. The molecule has 2 unspecified atom stereocenters. The maximum Gasteiger partial charge on any atom is 0.227 e. The molecule has 0 aromatic heterocycles. The average molecular weight is 307 g/mol. The predicted molar refractivity (Wildman–Crippen MR) is 87.8 cm³/mol. The van der Waals surface area contributed by atoms with Gasteiger partial charge >= 0.3 is 0 Å². The maximum atomic E-state index is 12.7. The lowest BCUT2D eigenvalue weighted by molar-refractivity contribution is -0.138. The van der Waals surface area contributed by atoms with Gasteiger partial charge in [0.2, 0.25) is 5.91 Å². The topological polar surface area (TPSA) is 49.7 Å². The number of nitrogens with one attached hydrogen (secondary N) is 1. The highest BCUT2D eigenvalue weighted by Crippen LogP contribution is 2.20. The molecule has 3 rings (SSSR count). The van der Waals surface area contributed by atoms with Crippen LogP contribution in [0, 0.1) is 5.92 Å². The predicted octanol–water partition coefficient (Wildman–Crippen LogP) is 0.676. The Balaban J connectivity index is 1.46. The Morgan fingerprint density at radius 3 is 2.45 bits per heavy atom. The molecule has 1 radical (unpaired) electrons. The van der Waals surface area contributed by atoms with Gasteiger partial charge in [-0.15, -0.1) is 0 Å². The molecule has 22 heavy (non-hydrogen) atoms. The first-order chi connectivity index (χ1) is 10.8. The van der Waals surface area contributed by atoms with E-state index >= 15 is 0 Å². The van der Waals surface area contributed by atoms with Gasteiger partial charge in [-0.1, -0.05) is 13.3 Å². The molecule has 125 valence electrons. The molecule has 1 amide bonds. The van der Waals surface area contributed by atoms with E-state index in [2.05, 4.69) is 27.4 Å². The molecular weight excluding hydrogens is 276 g/mol. The molecule has 0 aromatic rings.